The van der Waals surface area contributed by atoms with Gasteiger partial charge in [0.15, 0.2) is 0 Å². The molecular weight excluding hydrogens is 200 g/mol. The molecule has 0 aliphatic heterocycles. The molecule has 1 heterocycles. The smallest absolute Gasteiger partial charge is 0.325 e. The maximum atomic E-state index is 11.2. The Balaban J connectivity index is 2.28. The molecule has 1 amide bonds. The van der Waals surface area contributed by atoms with Crippen LogP contribution < -0.4 is 5.32 Å². The van der Waals surface area contributed by atoms with E-state index >= 15 is 0 Å². The van der Waals surface area contributed by atoms with Gasteiger partial charge in [-0.2, -0.15) is 0 Å². The Morgan fingerprint density at radius 3 is 2.87 bits per heavy atom. The average molecular weight is 212 g/mol. The van der Waals surface area contributed by atoms with Crippen LogP contribution in [0.25, 0.3) is 0 Å². The van der Waals surface area contributed by atoms with Gasteiger partial charge in [0.1, 0.15) is 6.04 Å². The summed E-state index contributed by atoms with van der Waals surface area (Å²) in [6.45, 7) is 1.80. The number of aliphatic carboxylic acids is 1. The van der Waals surface area contributed by atoms with Gasteiger partial charge in [-0.1, -0.05) is 5.21 Å². The number of aromatic nitrogens is 3. The molecule has 82 valence electrons. The van der Waals surface area contributed by atoms with Gasteiger partial charge in [-0.3, -0.25) is 14.3 Å². The Morgan fingerprint density at radius 1 is 1.60 bits per heavy atom. The average Bonchev–Trinajstić information content (AvgIpc) is 2.66. The first-order chi connectivity index (χ1) is 7.09. The topological polar surface area (TPSA) is 97.1 Å². The van der Waals surface area contributed by atoms with Gasteiger partial charge in [-0.25, -0.2) is 0 Å². The fourth-order valence-corrected chi connectivity index (χ4v) is 0.943. The minimum atomic E-state index is -1.05. The summed E-state index contributed by atoms with van der Waals surface area (Å²) in [5, 5.41) is 18.1. The summed E-state index contributed by atoms with van der Waals surface area (Å²) >= 11 is 0. The number of carbonyl (C=O) groups is 2. The fourth-order valence-electron chi connectivity index (χ4n) is 0.943. The van der Waals surface area contributed by atoms with Crippen LogP contribution in [0.5, 0.6) is 0 Å². The van der Waals surface area contributed by atoms with Crippen LogP contribution in [0.4, 0.5) is 0 Å². The molecule has 0 fully saturated rings. The van der Waals surface area contributed by atoms with Crippen molar-refractivity contribution in [3.63, 3.8) is 0 Å². The third-order valence-electron chi connectivity index (χ3n) is 1.79. The Bertz CT molecular complexity index is 336. The number of nitrogens with zero attached hydrogens (tertiary/aromatic N) is 3. The van der Waals surface area contributed by atoms with Crippen molar-refractivity contribution in [3.8, 4) is 0 Å². The molecule has 15 heavy (non-hydrogen) atoms. The van der Waals surface area contributed by atoms with Gasteiger partial charge in [-0.05, 0) is 6.92 Å². The largest absolute Gasteiger partial charge is 0.480 e. The number of amides is 1. The van der Waals surface area contributed by atoms with Crippen molar-refractivity contribution in [2.24, 2.45) is 0 Å². The van der Waals surface area contributed by atoms with E-state index in [0.717, 1.165) is 0 Å². The third-order valence-corrected chi connectivity index (χ3v) is 1.79. The molecule has 0 bridgehead atoms. The molecule has 1 aromatic heterocycles. The Hall–Kier alpha value is -1.92. The van der Waals surface area contributed by atoms with E-state index in [9.17, 15) is 9.59 Å². The Morgan fingerprint density at radius 2 is 2.33 bits per heavy atom. The molecule has 0 aliphatic carbocycles. The van der Waals surface area contributed by atoms with Gasteiger partial charge in [0.25, 0.3) is 0 Å². The first-order valence-corrected chi connectivity index (χ1v) is 4.46. The van der Waals surface area contributed by atoms with E-state index in [-0.39, 0.29) is 12.3 Å². The number of carboxylic acid groups (broad SMARTS) is 1. The number of nitrogens with one attached hydrogen (secondary N) is 1. The number of hydrogen-bond donors (Lipinski definition) is 2. The zero-order valence-corrected chi connectivity index (χ0v) is 8.25. The van der Waals surface area contributed by atoms with Crippen molar-refractivity contribution >= 4 is 11.9 Å². The van der Waals surface area contributed by atoms with Crippen LogP contribution in [0.15, 0.2) is 12.4 Å². The van der Waals surface area contributed by atoms with Crippen molar-refractivity contribution < 1.29 is 14.7 Å². The molecule has 0 saturated carbocycles. The van der Waals surface area contributed by atoms with Crippen LogP contribution in [0.1, 0.15) is 13.3 Å². The zero-order chi connectivity index (χ0) is 11.3. The summed E-state index contributed by atoms with van der Waals surface area (Å²) in [5.74, 6) is -1.37. The predicted octanol–water partition coefficient (Wildman–Crippen LogP) is -0.743. The highest BCUT2D eigenvalue weighted by atomic mass is 16.4. The fraction of sp³-hybridized carbons (Fsp3) is 0.500. The van der Waals surface area contributed by atoms with E-state index in [1.807, 2.05) is 0 Å². The SMILES string of the molecule is C[C@@H](NC(=O)CCn1ccnn1)C(=O)O. The summed E-state index contributed by atoms with van der Waals surface area (Å²) < 4.78 is 1.50. The normalized spacial score (nSPS) is 12.1. The van der Waals surface area contributed by atoms with Crippen molar-refractivity contribution in [1.82, 2.24) is 20.3 Å². The second-order valence-electron chi connectivity index (χ2n) is 3.04. The molecule has 0 saturated heterocycles. The van der Waals surface area contributed by atoms with Crippen LogP contribution >= 0.6 is 0 Å². The van der Waals surface area contributed by atoms with Crippen molar-refractivity contribution in [2.75, 3.05) is 0 Å². The maximum Gasteiger partial charge on any atom is 0.325 e. The number of carboxylic acids is 1. The number of aryl methyl sites for hydroxylation is 1. The van der Waals surface area contributed by atoms with E-state index in [1.165, 1.54) is 17.8 Å². The highest BCUT2D eigenvalue weighted by Crippen LogP contribution is 1.89. The molecule has 2 N–H and O–H groups in total. The molecule has 1 aromatic rings. The van der Waals surface area contributed by atoms with E-state index in [2.05, 4.69) is 15.6 Å². The van der Waals surface area contributed by atoms with Gasteiger partial charge < -0.3 is 10.4 Å². The number of hydrogen-bond acceptors (Lipinski definition) is 4. The third kappa shape index (κ3) is 3.75. The highest BCUT2D eigenvalue weighted by molar-refractivity contribution is 5.83. The molecular formula is C8H12N4O3. The monoisotopic (exact) mass is 212 g/mol. The van der Waals surface area contributed by atoms with Crippen LogP contribution in [0.3, 0.4) is 0 Å². The second-order valence-corrected chi connectivity index (χ2v) is 3.04. The van der Waals surface area contributed by atoms with Gasteiger partial charge >= 0.3 is 5.97 Å². The van der Waals surface area contributed by atoms with E-state index < -0.39 is 12.0 Å². The molecule has 0 radical (unpaired) electrons. The van der Waals surface area contributed by atoms with Crippen LogP contribution in [-0.4, -0.2) is 38.0 Å². The van der Waals surface area contributed by atoms with Crippen molar-refractivity contribution in [1.29, 1.82) is 0 Å². The second kappa shape index (κ2) is 5.08. The lowest BCUT2D eigenvalue weighted by molar-refractivity contribution is -0.141. The molecule has 0 spiro atoms. The van der Waals surface area contributed by atoms with E-state index in [0.29, 0.717) is 6.54 Å². The lowest BCUT2D eigenvalue weighted by Crippen LogP contribution is -2.38. The maximum absolute atomic E-state index is 11.2. The molecule has 0 aromatic carbocycles. The van der Waals surface area contributed by atoms with Crippen molar-refractivity contribution in [3.05, 3.63) is 12.4 Å². The molecule has 7 heteroatoms. The summed E-state index contributed by atoms with van der Waals surface area (Å²) in [6, 6.07) is -0.867. The minimum absolute atomic E-state index is 0.182. The summed E-state index contributed by atoms with van der Waals surface area (Å²) in [4.78, 5) is 21.6. The standard InChI is InChI=1S/C8H12N4O3/c1-6(8(14)15)10-7(13)2-4-12-5-3-9-11-12/h3,5-6H,2,4H2,1H3,(H,10,13)(H,14,15)/t6-/m1/s1. The van der Waals surface area contributed by atoms with Gasteiger partial charge in [0, 0.05) is 12.6 Å². The van der Waals surface area contributed by atoms with Gasteiger partial charge in [0.05, 0.1) is 12.7 Å². The van der Waals surface area contributed by atoms with Crippen molar-refractivity contribution in [2.45, 2.75) is 25.9 Å². The van der Waals surface area contributed by atoms with E-state index in [1.54, 1.807) is 6.20 Å². The molecule has 0 aliphatic rings. The Labute approximate surface area is 86.1 Å². The predicted molar refractivity (Wildman–Crippen MR) is 49.9 cm³/mol. The lowest BCUT2D eigenvalue weighted by atomic mass is 10.3. The van der Waals surface area contributed by atoms with Crippen LogP contribution in [0, 0.1) is 0 Å². The first kappa shape index (κ1) is 11.2. The molecule has 1 atom stereocenters. The molecule has 7 nitrogen and oxygen atoms in total. The number of carbonyl (C=O) groups excluding carboxylic acids is 1. The molecule has 0 unspecified atom stereocenters. The molecule has 1 rings (SSSR count). The quantitative estimate of drug-likeness (QED) is 0.669. The minimum Gasteiger partial charge on any atom is -0.480 e. The van der Waals surface area contributed by atoms with Crippen LogP contribution in [-0.2, 0) is 16.1 Å². The lowest BCUT2D eigenvalue weighted by Gasteiger charge is -2.08. The van der Waals surface area contributed by atoms with Gasteiger partial charge in [0.2, 0.25) is 5.91 Å². The highest BCUT2D eigenvalue weighted by Gasteiger charge is 2.13. The van der Waals surface area contributed by atoms with E-state index in [4.69, 9.17) is 5.11 Å². The summed E-state index contributed by atoms with van der Waals surface area (Å²) in [5.41, 5.74) is 0. The first-order valence-electron chi connectivity index (χ1n) is 4.46. The van der Waals surface area contributed by atoms with Gasteiger partial charge in [-0.15, -0.1) is 5.10 Å². The zero-order valence-electron chi connectivity index (χ0n) is 8.25. The number of rotatable bonds is 5. The summed E-state index contributed by atoms with van der Waals surface area (Å²) in [7, 11) is 0. The Kier molecular flexibility index (Phi) is 3.78. The van der Waals surface area contributed by atoms with Crippen LogP contribution in [0.2, 0.25) is 0 Å². The summed E-state index contributed by atoms with van der Waals surface area (Å²) in [6.07, 6.45) is 3.33.